The van der Waals surface area contributed by atoms with Crippen LogP contribution < -0.4 is 5.32 Å². The van der Waals surface area contributed by atoms with E-state index in [4.69, 9.17) is 0 Å². The van der Waals surface area contributed by atoms with Crippen LogP contribution >= 0.6 is 0 Å². The molecule has 0 amide bonds. The van der Waals surface area contributed by atoms with Crippen molar-refractivity contribution < 1.29 is 0 Å². The van der Waals surface area contributed by atoms with Crippen LogP contribution in [-0.4, -0.2) is 39.0 Å². The van der Waals surface area contributed by atoms with Gasteiger partial charge in [-0.15, -0.1) is 0 Å². The van der Waals surface area contributed by atoms with Crippen molar-refractivity contribution in [3.05, 3.63) is 24.3 Å². The first-order valence-corrected chi connectivity index (χ1v) is 7.26. The van der Waals surface area contributed by atoms with Gasteiger partial charge in [0.2, 0.25) is 0 Å². The second-order valence-corrected chi connectivity index (χ2v) is 6.89. The van der Waals surface area contributed by atoms with Gasteiger partial charge in [0, 0.05) is 36.6 Å². The number of aromatic nitrogens is 2. The van der Waals surface area contributed by atoms with E-state index in [0.717, 1.165) is 31.4 Å². The standard InChI is InChI=1S/C15H24N4/c1-14(2)11-19(9-13-16-7-4-8-17-13)15(3,10-18-14)12-5-6-12/h4,7-8,12,18H,5-6,9-11H2,1-3H3. The molecule has 1 saturated carbocycles. The molecule has 2 aliphatic rings. The number of piperazine rings is 1. The Hall–Kier alpha value is -1.00. The summed E-state index contributed by atoms with van der Waals surface area (Å²) in [4.78, 5) is 11.4. The highest BCUT2D eigenvalue weighted by molar-refractivity contribution is 5.08. The fraction of sp³-hybridized carbons (Fsp3) is 0.733. The van der Waals surface area contributed by atoms with Gasteiger partial charge >= 0.3 is 0 Å². The zero-order valence-corrected chi connectivity index (χ0v) is 12.2. The summed E-state index contributed by atoms with van der Waals surface area (Å²) in [6, 6.07) is 1.88. The van der Waals surface area contributed by atoms with Gasteiger partial charge in [0.1, 0.15) is 5.82 Å². The molecule has 0 aromatic carbocycles. The molecule has 1 saturated heterocycles. The second kappa shape index (κ2) is 4.53. The van der Waals surface area contributed by atoms with Crippen LogP contribution in [-0.2, 0) is 6.54 Å². The third-order valence-electron chi connectivity index (χ3n) is 4.64. The van der Waals surface area contributed by atoms with Crippen molar-refractivity contribution in [2.75, 3.05) is 13.1 Å². The minimum Gasteiger partial charge on any atom is -0.309 e. The molecule has 4 nitrogen and oxygen atoms in total. The molecule has 2 fully saturated rings. The van der Waals surface area contributed by atoms with E-state index in [2.05, 4.69) is 41.0 Å². The van der Waals surface area contributed by atoms with E-state index in [0.29, 0.717) is 0 Å². The van der Waals surface area contributed by atoms with Gasteiger partial charge in [-0.1, -0.05) is 0 Å². The maximum Gasteiger partial charge on any atom is 0.142 e. The molecule has 2 heterocycles. The number of hydrogen-bond donors (Lipinski definition) is 1. The fourth-order valence-corrected chi connectivity index (χ4v) is 3.17. The van der Waals surface area contributed by atoms with E-state index in [1.54, 1.807) is 0 Å². The minimum atomic E-state index is 0.170. The van der Waals surface area contributed by atoms with Gasteiger partial charge in [0.05, 0.1) is 6.54 Å². The first kappa shape index (κ1) is 13.0. The average Bonchev–Trinajstić information content (AvgIpc) is 3.20. The van der Waals surface area contributed by atoms with Crippen molar-refractivity contribution in [1.29, 1.82) is 0 Å². The monoisotopic (exact) mass is 260 g/mol. The minimum absolute atomic E-state index is 0.170. The molecule has 1 aliphatic heterocycles. The molecule has 4 heteroatoms. The lowest BCUT2D eigenvalue weighted by Crippen LogP contribution is -2.67. The Morgan fingerprint density at radius 1 is 1.26 bits per heavy atom. The third kappa shape index (κ3) is 2.65. The molecule has 0 radical (unpaired) electrons. The maximum atomic E-state index is 4.39. The lowest BCUT2D eigenvalue weighted by molar-refractivity contribution is 0.00335. The molecule has 1 aliphatic carbocycles. The van der Waals surface area contributed by atoms with E-state index in [-0.39, 0.29) is 11.1 Å². The largest absolute Gasteiger partial charge is 0.309 e. The second-order valence-electron chi connectivity index (χ2n) is 6.89. The summed E-state index contributed by atoms with van der Waals surface area (Å²) in [6.45, 7) is 9.93. The SMILES string of the molecule is CC1(C)CN(Cc2ncccn2)C(C)(C2CC2)CN1. The van der Waals surface area contributed by atoms with Crippen LogP contribution in [0.4, 0.5) is 0 Å². The molecule has 1 atom stereocenters. The molecule has 0 spiro atoms. The Morgan fingerprint density at radius 2 is 1.95 bits per heavy atom. The van der Waals surface area contributed by atoms with E-state index in [1.165, 1.54) is 12.8 Å². The molecule has 19 heavy (non-hydrogen) atoms. The molecule has 3 rings (SSSR count). The van der Waals surface area contributed by atoms with Crippen molar-refractivity contribution in [3.63, 3.8) is 0 Å². The predicted molar refractivity (Wildman–Crippen MR) is 75.7 cm³/mol. The highest BCUT2D eigenvalue weighted by atomic mass is 15.3. The van der Waals surface area contributed by atoms with Gasteiger partial charge in [-0.2, -0.15) is 0 Å². The Morgan fingerprint density at radius 3 is 2.58 bits per heavy atom. The Bertz CT molecular complexity index is 441. The van der Waals surface area contributed by atoms with Gasteiger partial charge < -0.3 is 5.32 Å². The normalized spacial score (nSPS) is 31.3. The number of hydrogen-bond acceptors (Lipinski definition) is 4. The highest BCUT2D eigenvalue weighted by Crippen LogP contribution is 2.45. The van der Waals surface area contributed by atoms with Crippen LogP contribution in [0, 0.1) is 5.92 Å². The lowest BCUT2D eigenvalue weighted by Gasteiger charge is -2.51. The summed E-state index contributed by atoms with van der Waals surface area (Å²) in [6.07, 6.45) is 6.41. The van der Waals surface area contributed by atoms with Crippen molar-refractivity contribution in [2.24, 2.45) is 5.92 Å². The summed E-state index contributed by atoms with van der Waals surface area (Å²) in [5.74, 6) is 1.77. The van der Waals surface area contributed by atoms with E-state index >= 15 is 0 Å². The van der Waals surface area contributed by atoms with Gasteiger partial charge in [-0.25, -0.2) is 9.97 Å². The van der Waals surface area contributed by atoms with Crippen LogP contribution in [0.2, 0.25) is 0 Å². The van der Waals surface area contributed by atoms with Crippen molar-refractivity contribution in [1.82, 2.24) is 20.2 Å². The highest BCUT2D eigenvalue weighted by Gasteiger charge is 2.49. The molecule has 1 aromatic heterocycles. The van der Waals surface area contributed by atoms with Crippen LogP contribution in [0.3, 0.4) is 0 Å². The first-order chi connectivity index (χ1) is 9.00. The summed E-state index contributed by atoms with van der Waals surface area (Å²) in [5.41, 5.74) is 0.428. The van der Waals surface area contributed by atoms with Crippen LogP contribution in [0.5, 0.6) is 0 Å². The van der Waals surface area contributed by atoms with Gasteiger partial charge in [-0.05, 0) is 45.6 Å². The molecule has 1 aromatic rings. The summed E-state index contributed by atoms with van der Waals surface area (Å²) in [7, 11) is 0. The fourth-order valence-electron chi connectivity index (χ4n) is 3.17. The van der Waals surface area contributed by atoms with Crippen LogP contribution in [0.25, 0.3) is 0 Å². The van der Waals surface area contributed by atoms with E-state index in [9.17, 15) is 0 Å². The zero-order chi connectivity index (χ0) is 13.5. The van der Waals surface area contributed by atoms with Crippen molar-refractivity contribution in [3.8, 4) is 0 Å². The number of nitrogens with one attached hydrogen (secondary N) is 1. The Balaban J connectivity index is 1.81. The summed E-state index contributed by atoms with van der Waals surface area (Å²) in [5, 5.41) is 3.70. The third-order valence-corrected chi connectivity index (χ3v) is 4.64. The van der Waals surface area contributed by atoms with Crippen molar-refractivity contribution in [2.45, 2.75) is 51.2 Å². The lowest BCUT2D eigenvalue weighted by atomic mass is 9.86. The van der Waals surface area contributed by atoms with Gasteiger partial charge in [0.25, 0.3) is 0 Å². The summed E-state index contributed by atoms with van der Waals surface area (Å²) >= 11 is 0. The van der Waals surface area contributed by atoms with E-state index in [1.807, 2.05) is 18.5 Å². The van der Waals surface area contributed by atoms with Crippen LogP contribution in [0.1, 0.15) is 39.4 Å². The summed E-state index contributed by atoms with van der Waals surface area (Å²) < 4.78 is 0. The molecular formula is C15H24N4. The zero-order valence-electron chi connectivity index (χ0n) is 12.2. The quantitative estimate of drug-likeness (QED) is 0.900. The topological polar surface area (TPSA) is 41.1 Å². The Labute approximate surface area is 115 Å². The van der Waals surface area contributed by atoms with Gasteiger partial charge in [-0.3, -0.25) is 4.90 Å². The predicted octanol–water partition coefficient (Wildman–Crippen LogP) is 1.83. The molecular weight excluding hydrogens is 236 g/mol. The maximum absolute atomic E-state index is 4.39. The smallest absolute Gasteiger partial charge is 0.142 e. The number of rotatable bonds is 3. The van der Waals surface area contributed by atoms with Gasteiger partial charge in [0.15, 0.2) is 0 Å². The average molecular weight is 260 g/mol. The van der Waals surface area contributed by atoms with Crippen LogP contribution in [0.15, 0.2) is 18.5 Å². The molecule has 1 unspecified atom stereocenters. The molecule has 0 bridgehead atoms. The first-order valence-electron chi connectivity index (χ1n) is 7.26. The number of nitrogens with zero attached hydrogens (tertiary/aromatic N) is 3. The van der Waals surface area contributed by atoms with E-state index < -0.39 is 0 Å². The molecule has 1 N–H and O–H groups in total. The van der Waals surface area contributed by atoms with Crippen molar-refractivity contribution >= 4 is 0 Å². The molecule has 104 valence electrons. The Kier molecular flexibility index (Phi) is 3.10.